The average molecular weight is 314 g/mol. The van der Waals surface area contributed by atoms with Crippen molar-refractivity contribution in [1.29, 1.82) is 0 Å². The van der Waals surface area contributed by atoms with Crippen molar-refractivity contribution in [2.75, 3.05) is 6.61 Å². The molecule has 1 heterocycles. The van der Waals surface area contributed by atoms with Gasteiger partial charge in [-0.15, -0.1) is 0 Å². The number of phenols is 1. The molecule has 0 aliphatic carbocycles. The van der Waals surface area contributed by atoms with Gasteiger partial charge in [0.2, 0.25) is 0 Å². The van der Waals surface area contributed by atoms with E-state index >= 15 is 0 Å². The fourth-order valence-corrected chi connectivity index (χ4v) is 2.18. The molecule has 0 radical (unpaired) electrons. The van der Waals surface area contributed by atoms with Gasteiger partial charge in [-0.3, -0.25) is 9.59 Å². The number of H-pyrrole nitrogens is 1. The van der Waals surface area contributed by atoms with E-state index in [9.17, 15) is 14.7 Å². The number of nitrogens with one attached hydrogen (secondary N) is 1. The summed E-state index contributed by atoms with van der Waals surface area (Å²) < 4.78 is 5.29. The molecule has 0 aliphatic rings. The summed E-state index contributed by atoms with van der Waals surface area (Å²) in [5, 5.41) is 9.65. The molecule has 0 saturated heterocycles. The van der Waals surface area contributed by atoms with Crippen LogP contribution in [-0.2, 0) is 0 Å². The number of hydrogen-bond donors (Lipinski definition) is 2. The van der Waals surface area contributed by atoms with Crippen molar-refractivity contribution >= 4 is 11.9 Å². The molecule has 0 unspecified atom stereocenters. The second-order valence-electron chi connectivity index (χ2n) is 4.97. The lowest BCUT2D eigenvalue weighted by atomic mass is 10.1. The summed E-state index contributed by atoms with van der Waals surface area (Å²) in [5.41, 5.74) is 0.636. The standard InChI is InChI=1S/C17H18N2O4/c1-4-23-15-9-12(5-7-13(15)20)6-8-14(21)16-10(2)18-11(3)19-17(16)22/h5-9,20H,4H2,1-3H3,(H,18,19,22)/b8-6+. The van der Waals surface area contributed by atoms with E-state index in [2.05, 4.69) is 9.97 Å². The van der Waals surface area contributed by atoms with E-state index in [4.69, 9.17) is 4.74 Å². The zero-order chi connectivity index (χ0) is 17.0. The third-order valence-electron chi connectivity index (χ3n) is 3.18. The van der Waals surface area contributed by atoms with Crippen molar-refractivity contribution in [2.45, 2.75) is 20.8 Å². The molecule has 6 heteroatoms. The lowest BCUT2D eigenvalue weighted by molar-refractivity contribution is 0.104. The number of ether oxygens (including phenoxy) is 1. The van der Waals surface area contributed by atoms with Crippen LogP contribution in [0.5, 0.6) is 11.5 Å². The highest BCUT2D eigenvalue weighted by Gasteiger charge is 2.13. The number of hydrogen-bond acceptors (Lipinski definition) is 5. The highest BCUT2D eigenvalue weighted by Crippen LogP contribution is 2.27. The minimum atomic E-state index is -0.453. The van der Waals surface area contributed by atoms with Crippen molar-refractivity contribution in [3.8, 4) is 11.5 Å². The topological polar surface area (TPSA) is 92.3 Å². The first-order valence-corrected chi connectivity index (χ1v) is 7.18. The Hall–Kier alpha value is -2.89. The van der Waals surface area contributed by atoms with E-state index in [-0.39, 0.29) is 11.3 Å². The first-order chi connectivity index (χ1) is 10.9. The van der Waals surface area contributed by atoms with Crippen molar-refractivity contribution in [1.82, 2.24) is 9.97 Å². The SMILES string of the molecule is CCOc1cc(/C=C/C(=O)c2c(C)nc(C)[nH]c2=O)ccc1O. The fourth-order valence-electron chi connectivity index (χ4n) is 2.18. The molecule has 0 spiro atoms. The van der Waals surface area contributed by atoms with Crippen LogP contribution in [0.15, 0.2) is 29.1 Å². The van der Waals surface area contributed by atoms with Gasteiger partial charge in [-0.25, -0.2) is 4.98 Å². The number of aromatic hydroxyl groups is 1. The minimum absolute atomic E-state index is 0.0238. The van der Waals surface area contributed by atoms with Crippen LogP contribution in [0.2, 0.25) is 0 Å². The summed E-state index contributed by atoms with van der Waals surface area (Å²) in [6.45, 7) is 5.51. The van der Waals surface area contributed by atoms with Gasteiger partial charge in [0.1, 0.15) is 11.4 Å². The second-order valence-corrected chi connectivity index (χ2v) is 4.97. The van der Waals surface area contributed by atoms with E-state index in [0.717, 1.165) is 0 Å². The summed E-state index contributed by atoms with van der Waals surface area (Å²) in [6.07, 6.45) is 2.86. The first kappa shape index (κ1) is 16.5. The predicted octanol–water partition coefficient (Wildman–Crippen LogP) is 2.39. The molecule has 1 aromatic carbocycles. The Kier molecular flexibility index (Phi) is 4.95. The number of aromatic amines is 1. The first-order valence-electron chi connectivity index (χ1n) is 7.18. The van der Waals surface area contributed by atoms with Gasteiger partial charge in [0.15, 0.2) is 17.3 Å². The highest BCUT2D eigenvalue weighted by atomic mass is 16.5. The van der Waals surface area contributed by atoms with E-state index in [1.54, 1.807) is 32.1 Å². The van der Waals surface area contributed by atoms with E-state index in [0.29, 0.717) is 29.4 Å². The van der Waals surface area contributed by atoms with Crippen LogP contribution in [-0.4, -0.2) is 27.5 Å². The second kappa shape index (κ2) is 6.91. The lowest BCUT2D eigenvalue weighted by Crippen LogP contribution is -2.21. The van der Waals surface area contributed by atoms with Crippen molar-refractivity contribution in [3.63, 3.8) is 0 Å². The number of phenolic OH excluding ortho intramolecular Hbond substituents is 1. The molecule has 1 aromatic heterocycles. The van der Waals surface area contributed by atoms with Gasteiger partial charge in [0.25, 0.3) is 5.56 Å². The maximum Gasteiger partial charge on any atom is 0.262 e. The van der Waals surface area contributed by atoms with Crippen molar-refractivity contribution in [3.05, 3.63) is 57.3 Å². The molecule has 0 saturated carbocycles. The van der Waals surface area contributed by atoms with Gasteiger partial charge in [-0.2, -0.15) is 0 Å². The molecule has 0 aliphatic heterocycles. The molecule has 0 atom stereocenters. The predicted molar refractivity (Wildman–Crippen MR) is 87.0 cm³/mol. The van der Waals surface area contributed by atoms with Crippen LogP contribution < -0.4 is 10.3 Å². The highest BCUT2D eigenvalue weighted by molar-refractivity contribution is 6.07. The molecular formula is C17H18N2O4. The minimum Gasteiger partial charge on any atom is -0.504 e. The summed E-state index contributed by atoms with van der Waals surface area (Å²) in [4.78, 5) is 30.7. The Balaban J connectivity index is 2.29. The number of allylic oxidation sites excluding steroid dienone is 1. The smallest absolute Gasteiger partial charge is 0.262 e. The van der Waals surface area contributed by atoms with E-state index in [1.807, 2.05) is 6.92 Å². The van der Waals surface area contributed by atoms with Crippen molar-refractivity contribution in [2.24, 2.45) is 0 Å². The number of ketones is 1. The fraction of sp³-hybridized carbons (Fsp3) is 0.235. The number of aryl methyl sites for hydroxylation is 2. The lowest BCUT2D eigenvalue weighted by Gasteiger charge is -2.06. The molecule has 2 rings (SSSR count). The van der Waals surface area contributed by atoms with Crippen LogP contribution >= 0.6 is 0 Å². The third-order valence-corrected chi connectivity index (χ3v) is 3.18. The quantitative estimate of drug-likeness (QED) is 0.653. The molecule has 0 bridgehead atoms. The Bertz CT molecular complexity index is 822. The van der Waals surface area contributed by atoms with Crippen LogP contribution in [0, 0.1) is 13.8 Å². The summed E-state index contributed by atoms with van der Waals surface area (Å²) in [7, 11) is 0. The van der Waals surface area contributed by atoms with Gasteiger partial charge in [0, 0.05) is 0 Å². The van der Waals surface area contributed by atoms with Gasteiger partial charge < -0.3 is 14.8 Å². The number of rotatable bonds is 5. The zero-order valence-electron chi connectivity index (χ0n) is 13.2. The van der Waals surface area contributed by atoms with Crippen LogP contribution in [0.25, 0.3) is 6.08 Å². The van der Waals surface area contributed by atoms with E-state index < -0.39 is 11.3 Å². The molecule has 0 fully saturated rings. The Morgan fingerprint density at radius 1 is 1.39 bits per heavy atom. The third kappa shape index (κ3) is 3.85. The van der Waals surface area contributed by atoms with Crippen molar-refractivity contribution < 1.29 is 14.6 Å². The largest absolute Gasteiger partial charge is 0.504 e. The number of carbonyl (C=O) groups excluding carboxylic acids is 1. The zero-order valence-corrected chi connectivity index (χ0v) is 13.2. The number of carbonyl (C=O) groups is 1. The molecule has 23 heavy (non-hydrogen) atoms. The molecule has 0 amide bonds. The average Bonchev–Trinajstić information content (AvgIpc) is 2.47. The van der Waals surface area contributed by atoms with Crippen LogP contribution in [0.1, 0.15) is 34.4 Å². The maximum absolute atomic E-state index is 12.2. The molecule has 2 aromatic rings. The summed E-state index contributed by atoms with van der Waals surface area (Å²) in [6, 6.07) is 4.75. The van der Waals surface area contributed by atoms with Gasteiger partial charge in [-0.1, -0.05) is 12.1 Å². The number of aromatic nitrogens is 2. The van der Waals surface area contributed by atoms with Gasteiger partial charge in [0.05, 0.1) is 12.3 Å². The monoisotopic (exact) mass is 314 g/mol. The maximum atomic E-state index is 12.2. The number of nitrogens with zero attached hydrogens (tertiary/aromatic N) is 1. The molecule has 2 N–H and O–H groups in total. The van der Waals surface area contributed by atoms with Crippen LogP contribution in [0.4, 0.5) is 0 Å². The van der Waals surface area contributed by atoms with Crippen LogP contribution in [0.3, 0.4) is 0 Å². The molecular weight excluding hydrogens is 296 g/mol. The Morgan fingerprint density at radius 2 is 2.13 bits per heavy atom. The molecule has 120 valence electrons. The van der Waals surface area contributed by atoms with E-state index in [1.165, 1.54) is 12.1 Å². The van der Waals surface area contributed by atoms with Gasteiger partial charge in [-0.05, 0) is 44.5 Å². The molecule has 6 nitrogen and oxygen atoms in total. The summed E-state index contributed by atoms with van der Waals surface area (Å²) in [5.74, 6) is 0.411. The Morgan fingerprint density at radius 3 is 2.78 bits per heavy atom. The van der Waals surface area contributed by atoms with Gasteiger partial charge >= 0.3 is 0 Å². The summed E-state index contributed by atoms with van der Waals surface area (Å²) >= 11 is 0. The normalized spacial score (nSPS) is 10.9. The Labute approximate surface area is 133 Å². The number of benzene rings is 1.